The average Bonchev–Trinajstić information content (AvgIpc) is 3.37. The summed E-state index contributed by atoms with van der Waals surface area (Å²) >= 11 is 5.11. The summed E-state index contributed by atoms with van der Waals surface area (Å²) in [4.78, 5) is 0. The van der Waals surface area contributed by atoms with Crippen molar-refractivity contribution in [3.05, 3.63) is 39.9 Å². The lowest BCUT2D eigenvalue weighted by molar-refractivity contribution is 0.625. The first-order valence-electron chi connectivity index (χ1n) is 7.24. The van der Waals surface area contributed by atoms with Crippen molar-refractivity contribution < 1.29 is 4.39 Å². The maximum atomic E-state index is 13.1. The number of hydrogen-bond donors (Lipinski definition) is 0. The van der Waals surface area contributed by atoms with Crippen LogP contribution in [0.2, 0.25) is 0 Å². The van der Waals surface area contributed by atoms with Crippen LogP contribution in [-0.2, 0) is 5.75 Å². The Bertz CT molecular complexity index is 680. The third-order valence-corrected chi connectivity index (χ3v) is 5.65. The molecule has 110 valence electrons. The van der Waals surface area contributed by atoms with E-state index < -0.39 is 0 Å². The van der Waals surface area contributed by atoms with E-state index in [0.29, 0.717) is 12.0 Å². The van der Waals surface area contributed by atoms with E-state index in [0.717, 1.165) is 20.9 Å². The summed E-state index contributed by atoms with van der Waals surface area (Å²) in [6.45, 7) is 0. The van der Waals surface area contributed by atoms with Gasteiger partial charge >= 0.3 is 0 Å². The van der Waals surface area contributed by atoms with E-state index in [-0.39, 0.29) is 5.82 Å². The highest BCUT2D eigenvalue weighted by Gasteiger charge is 2.36. The van der Waals surface area contributed by atoms with Crippen LogP contribution in [0.25, 0.3) is 0 Å². The van der Waals surface area contributed by atoms with Gasteiger partial charge in [-0.25, -0.2) is 4.39 Å². The topological polar surface area (TPSA) is 30.7 Å². The molecule has 0 amide bonds. The quantitative estimate of drug-likeness (QED) is 0.718. The Morgan fingerprint density at radius 1 is 1.24 bits per heavy atom. The molecule has 1 aromatic carbocycles. The van der Waals surface area contributed by atoms with Gasteiger partial charge in [0.05, 0.1) is 0 Å². The van der Waals surface area contributed by atoms with E-state index in [4.69, 9.17) is 0 Å². The summed E-state index contributed by atoms with van der Waals surface area (Å²) in [6, 6.07) is 5.44. The fourth-order valence-electron chi connectivity index (χ4n) is 2.46. The largest absolute Gasteiger partial charge is 0.303 e. The van der Waals surface area contributed by atoms with Crippen LogP contribution in [0.15, 0.2) is 27.8 Å². The molecule has 0 aliphatic heterocycles. The van der Waals surface area contributed by atoms with Crippen molar-refractivity contribution in [3.63, 3.8) is 0 Å². The molecule has 1 heterocycles. The third kappa shape index (κ3) is 2.88. The second-order valence-corrected chi connectivity index (χ2v) is 7.54. The highest BCUT2D eigenvalue weighted by Crippen LogP contribution is 2.46. The molecule has 2 aliphatic rings. The number of benzene rings is 1. The van der Waals surface area contributed by atoms with Gasteiger partial charge in [-0.15, -0.1) is 10.2 Å². The van der Waals surface area contributed by atoms with Crippen molar-refractivity contribution in [3.8, 4) is 0 Å². The van der Waals surface area contributed by atoms with Gasteiger partial charge in [0, 0.05) is 22.2 Å². The highest BCUT2D eigenvalue weighted by molar-refractivity contribution is 9.10. The second-order valence-electron chi connectivity index (χ2n) is 5.74. The normalized spacial score (nSPS) is 18.2. The van der Waals surface area contributed by atoms with Crippen LogP contribution in [0.4, 0.5) is 4.39 Å². The molecule has 0 spiro atoms. The Balaban J connectivity index is 1.54. The first kappa shape index (κ1) is 13.8. The standard InChI is InChI=1S/C15H15BrFN3S/c16-13-7-11(17)4-3-10(13)8-21-15-19-18-14(9-1-2-9)20(15)12-5-6-12/h3-4,7,9,12H,1-2,5-6,8H2. The second kappa shape index (κ2) is 5.39. The van der Waals surface area contributed by atoms with Crippen LogP contribution in [0.3, 0.4) is 0 Å². The zero-order chi connectivity index (χ0) is 14.4. The third-order valence-electron chi connectivity index (χ3n) is 3.92. The summed E-state index contributed by atoms with van der Waals surface area (Å²) in [5, 5.41) is 9.81. The van der Waals surface area contributed by atoms with E-state index in [9.17, 15) is 4.39 Å². The number of hydrogen-bond acceptors (Lipinski definition) is 3. The monoisotopic (exact) mass is 367 g/mol. The Labute approximate surface area is 135 Å². The predicted octanol–water partition coefficient (Wildman–Crippen LogP) is 4.68. The summed E-state index contributed by atoms with van der Waals surface area (Å²) < 4.78 is 16.3. The van der Waals surface area contributed by atoms with Crippen LogP contribution in [0.1, 0.15) is 49.0 Å². The van der Waals surface area contributed by atoms with Gasteiger partial charge in [-0.1, -0.05) is 33.8 Å². The van der Waals surface area contributed by atoms with Gasteiger partial charge in [-0.3, -0.25) is 0 Å². The Hall–Kier alpha value is -0.880. The van der Waals surface area contributed by atoms with Gasteiger partial charge in [-0.2, -0.15) is 0 Å². The van der Waals surface area contributed by atoms with Gasteiger partial charge < -0.3 is 4.57 Å². The molecule has 4 rings (SSSR count). The summed E-state index contributed by atoms with van der Waals surface area (Å²) in [5.74, 6) is 2.37. The minimum atomic E-state index is -0.215. The molecular formula is C15H15BrFN3S. The van der Waals surface area contributed by atoms with Crippen LogP contribution in [-0.4, -0.2) is 14.8 Å². The van der Waals surface area contributed by atoms with Crippen LogP contribution in [0, 0.1) is 5.82 Å². The number of rotatable bonds is 5. The lowest BCUT2D eigenvalue weighted by Crippen LogP contribution is -2.02. The molecule has 2 saturated carbocycles. The van der Waals surface area contributed by atoms with Crippen molar-refractivity contribution in [2.24, 2.45) is 0 Å². The highest BCUT2D eigenvalue weighted by atomic mass is 79.9. The number of aromatic nitrogens is 3. The van der Waals surface area contributed by atoms with Crippen molar-refractivity contribution in [2.45, 2.75) is 48.6 Å². The molecule has 3 nitrogen and oxygen atoms in total. The SMILES string of the molecule is Fc1ccc(CSc2nnc(C3CC3)n2C2CC2)c(Br)c1. The van der Waals surface area contributed by atoms with Crippen molar-refractivity contribution in [2.75, 3.05) is 0 Å². The molecule has 2 fully saturated rings. The minimum absolute atomic E-state index is 0.215. The fourth-order valence-corrected chi connectivity index (χ4v) is 4.16. The summed E-state index contributed by atoms with van der Waals surface area (Å²) in [6.07, 6.45) is 4.98. The molecule has 2 aromatic rings. The molecule has 0 unspecified atom stereocenters. The van der Waals surface area contributed by atoms with Crippen molar-refractivity contribution in [1.82, 2.24) is 14.8 Å². The number of thioether (sulfide) groups is 1. The van der Waals surface area contributed by atoms with Gasteiger partial charge in [0.15, 0.2) is 5.16 Å². The molecule has 0 bridgehead atoms. The van der Waals surface area contributed by atoms with E-state index >= 15 is 0 Å². The molecule has 0 saturated heterocycles. The van der Waals surface area contributed by atoms with E-state index in [1.165, 1.54) is 43.6 Å². The molecule has 0 atom stereocenters. The van der Waals surface area contributed by atoms with Crippen LogP contribution in [0.5, 0.6) is 0 Å². The lowest BCUT2D eigenvalue weighted by atomic mass is 10.2. The molecule has 21 heavy (non-hydrogen) atoms. The molecule has 2 aliphatic carbocycles. The predicted molar refractivity (Wildman–Crippen MR) is 83.9 cm³/mol. The molecular weight excluding hydrogens is 353 g/mol. The maximum Gasteiger partial charge on any atom is 0.191 e. The average molecular weight is 368 g/mol. The molecule has 6 heteroatoms. The Kier molecular flexibility index (Phi) is 3.53. The molecule has 1 aromatic heterocycles. The molecule has 0 radical (unpaired) electrons. The first-order chi connectivity index (χ1) is 10.2. The molecule has 0 N–H and O–H groups in total. The Morgan fingerprint density at radius 2 is 2.05 bits per heavy atom. The fraction of sp³-hybridized carbons (Fsp3) is 0.467. The first-order valence-corrected chi connectivity index (χ1v) is 9.02. The minimum Gasteiger partial charge on any atom is -0.303 e. The van der Waals surface area contributed by atoms with E-state index in [1.807, 2.05) is 6.07 Å². The Morgan fingerprint density at radius 3 is 2.71 bits per heavy atom. The number of halogens is 2. The van der Waals surface area contributed by atoms with Crippen molar-refractivity contribution in [1.29, 1.82) is 0 Å². The van der Waals surface area contributed by atoms with E-state index in [1.54, 1.807) is 11.8 Å². The summed E-state index contributed by atoms with van der Waals surface area (Å²) in [5.41, 5.74) is 1.08. The van der Waals surface area contributed by atoms with Gasteiger partial charge in [0.25, 0.3) is 0 Å². The zero-order valence-electron chi connectivity index (χ0n) is 11.4. The smallest absolute Gasteiger partial charge is 0.191 e. The maximum absolute atomic E-state index is 13.1. The van der Waals surface area contributed by atoms with Gasteiger partial charge in [-0.05, 0) is 43.4 Å². The van der Waals surface area contributed by atoms with Gasteiger partial charge in [0.2, 0.25) is 0 Å². The zero-order valence-corrected chi connectivity index (χ0v) is 13.8. The van der Waals surface area contributed by atoms with Gasteiger partial charge in [0.1, 0.15) is 11.6 Å². The van der Waals surface area contributed by atoms with Crippen LogP contribution < -0.4 is 0 Å². The number of nitrogens with zero attached hydrogens (tertiary/aromatic N) is 3. The lowest BCUT2D eigenvalue weighted by Gasteiger charge is -2.08. The summed E-state index contributed by atoms with van der Waals surface area (Å²) in [7, 11) is 0. The van der Waals surface area contributed by atoms with Crippen molar-refractivity contribution >= 4 is 27.7 Å². The van der Waals surface area contributed by atoms with E-state index in [2.05, 4.69) is 30.7 Å². The van der Waals surface area contributed by atoms with Crippen LogP contribution >= 0.6 is 27.7 Å².